The zero-order valence-electron chi connectivity index (χ0n) is 13.2. The molecule has 0 bridgehead atoms. The Labute approximate surface area is 121 Å². The van der Waals surface area contributed by atoms with Gasteiger partial charge in [-0.25, -0.2) is 0 Å². The lowest BCUT2D eigenvalue weighted by Gasteiger charge is -2.00. The fourth-order valence-corrected chi connectivity index (χ4v) is 2.85. The van der Waals surface area contributed by atoms with Crippen molar-refractivity contribution in [1.82, 2.24) is 0 Å². The highest BCUT2D eigenvalue weighted by Crippen LogP contribution is 2.45. The van der Waals surface area contributed by atoms with Crippen LogP contribution in [0.2, 0.25) is 0 Å². The van der Waals surface area contributed by atoms with E-state index < -0.39 is 0 Å². The summed E-state index contributed by atoms with van der Waals surface area (Å²) in [6.07, 6.45) is 24.6. The predicted molar refractivity (Wildman–Crippen MR) is 87.4 cm³/mol. The standard InChI is InChI=1S/C19H34/c1-3-5-7-9-11-13-15-18-17-19(18)16-14-12-10-8-6-4-2/h5,7,11,13,18-19H,3-4,6,8-10,12,14-17H2,1-2H3/b7-5-,13-11-/t18-,19+/m1/s1. The largest absolute Gasteiger partial charge is 0.0885 e. The Morgan fingerprint density at radius 1 is 0.789 bits per heavy atom. The third kappa shape index (κ3) is 9.08. The molecular weight excluding hydrogens is 228 g/mol. The van der Waals surface area contributed by atoms with E-state index in [2.05, 4.69) is 38.2 Å². The van der Waals surface area contributed by atoms with Gasteiger partial charge in [-0.1, -0.05) is 83.1 Å². The van der Waals surface area contributed by atoms with Crippen molar-refractivity contribution in [3.05, 3.63) is 24.3 Å². The van der Waals surface area contributed by atoms with Gasteiger partial charge in [0.15, 0.2) is 0 Å². The van der Waals surface area contributed by atoms with Gasteiger partial charge in [-0.2, -0.15) is 0 Å². The molecule has 19 heavy (non-hydrogen) atoms. The summed E-state index contributed by atoms with van der Waals surface area (Å²) >= 11 is 0. The molecule has 0 N–H and O–H groups in total. The molecular formula is C19H34. The van der Waals surface area contributed by atoms with Crippen LogP contribution in [0.15, 0.2) is 24.3 Å². The van der Waals surface area contributed by atoms with Gasteiger partial charge in [0.05, 0.1) is 0 Å². The van der Waals surface area contributed by atoms with Crippen LogP contribution in [0.4, 0.5) is 0 Å². The SMILES string of the molecule is CC/C=C\C/C=C\C[C@@H]1C[C@@H]1CCCCCCCC. The van der Waals surface area contributed by atoms with Crippen LogP contribution in [-0.4, -0.2) is 0 Å². The molecule has 0 saturated heterocycles. The van der Waals surface area contributed by atoms with E-state index in [0.717, 1.165) is 24.7 Å². The molecule has 0 heterocycles. The molecule has 0 aromatic heterocycles. The number of rotatable bonds is 12. The van der Waals surface area contributed by atoms with Crippen molar-refractivity contribution in [3.63, 3.8) is 0 Å². The maximum absolute atomic E-state index is 2.41. The highest BCUT2D eigenvalue weighted by atomic mass is 14.4. The van der Waals surface area contributed by atoms with Crippen LogP contribution < -0.4 is 0 Å². The zero-order chi connectivity index (χ0) is 13.8. The fourth-order valence-electron chi connectivity index (χ4n) is 2.85. The highest BCUT2D eigenvalue weighted by molar-refractivity contribution is 4.97. The Morgan fingerprint density at radius 3 is 2.32 bits per heavy atom. The summed E-state index contributed by atoms with van der Waals surface area (Å²) in [7, 11) is 0. The summed E-state index contributed by atoms with van der Waals surface area (Å²) in [6.45, 7) is 4.48. The minimum atomic E-state index is 1.03. The molecule has 110 valence electrons. The summed E-state index contributed by atoms with van der Waals surface area (Å²) in [6, 6.07) is 0. The van der Waals surface area contributed by atoms with Gasteiger partial charge in [0.25, 0.3) is 0 Å². The van der Waals surface area contributed by atoms with Crippen LogP contribution in [0.5, 0.6) is 0 Å². The van der Waals surface area contributed by atoms with E-state index >= 15 is 0 Å². The molecule has 2 atom stereocenters. The molecule has 1 aliphatic carbocycles. The molecule has 1 fully saturated rings. The van der Waals surface area contributed by atoms with Gasteiger partial charge in [-0.05, 0) is 37.5 Å². The molecule has 0 unspecified atom stereocenters. The third-order valence-electron chi connectivity index (χ3n) is 4.28. The summed E-state index contributed by atoms with van der Waals surface area (Å²) in [5.41, 5.74) is 0. The Hall–Kier alpha value is -0.520. The van der Waals surface area contributed by atoms with Crippen molar-refractivity contribution < 1.29 is 0 Å². The summed E-state index contributed by atoms with van der Waals surface area (Å²) < 4.78 is 0. The number of hydrogen-bond donors (Lipinski definition) is 0. The van der Waals surface area contributed by atoms with Gasteiger partial charge in [0, 0.05) is 0 Å². The predicted octanol–water partition coefficient (Wildman–Crippen LogP) is 6.68. The van der Waals surface area contributed by atoms with E-state index in [4.69, 9.17) is 0 Å². The number of hydrogen-bond acceptors (Lipinski definition) is 0. The quantitative estimate of drug-likeness (QED) is 0.272. The second-order valence-corrected chi connectivity index (χ2v) is 6.13. The molecule has 1 rings (SSSR count). The Morgan fingerprint density at radius 2 is 1.53 bits per heavy atom. The first-order valence-corrected chi connectivity index (χ1v) is 8.68. The van der Waals surface area contributed by atoms with Gasteiger partial charge in [0.2, 0.25) is 0 Å². The van der Waals surface area contributed by atoms with E-state index in [1.54, 1.807) is 0 Å². The van der Waals surface area contributed by atoms with Crippen LogP contribution in [0, 0.1) is 11.8 Å². The van der Waals surface area contributed by atoms with Crippen molar-refractivity contribution in [2.45, 2.75) is 84.5 Å². The van der Waals surface area contributed by atoms with Crippen molar-refractivity contribution in [2.24, 2.45) is 11.8 Å². The summed E-state index contributed by atoms with van der Waals surface area (Å²) in [4.78, 5) is 0. The van der Waals surface area contributed by atoms with E-state index in [1.807, 2.05) is 0 Å². The minimum Gasteiger partial charge on any atom is -0.0885 e. The van der Waals surface area contributed by atoms with Crippen LogP contribution in [0.3, 0.4) is 0 Å². The lowest BCUT2D eigenvalue weighted by Crippen LogP contribution is -1.84. The van der Waals surface area contributed by atoms with Gasteiger partial charge in [-0.3, -0.25) is 0 Å². The maximum Gasteiger partial charge on any atom is -0.0169 e. The topological polar surface area (TPSA) is 0 Å². The van der Waals surface area contributed by atoms with Crippen molar-refractivity contribution in [2.75, 3.05) is 0 Å². The van der Waals surface area contributed by atoms with Crippen molar-refractivity contribution in [1.29, 1.82) is 0 Å². The highest BCUT2D eigenvalue weighted by Gasteiger charge is 2.34. The maximum atomic E-state index is 2.41. The van der Waals surface area contributed by atoms with Crippen LogP contribution in [0.1, 0.15) is 84.5 Å². The summed E-state index contributed by atoms with van der Waals surface area (Å²) in [5, 5.41) is 0. The lowest BCUT2D eigenvalue weighted by molar-refractivity contribution is 0.549. The molecule has 0 radical (unpaired) electrons. The molecule has 0 aromatic carbocycles. The van der Waals surface area contributed by atoms with Gasteiger partial charge < -0.3 is 0 Å². The van der Waals surface area contributed by atoms with Gasteiger partial charge in [-0.15, -0.1) is 0 Å². The average molecular weight is 262 g/mol. The minimum absolute atomic E-state index is 1.03. The van der Waals surface area contributed by atoms with Gasteiger partial charge >= 0.3 is 0 Å². The monoisotopic (exact) mass is 262 g/mol. The number of unbranched alkanes of at least 4 members (excludes halogenated alkanes) is 5. The van der Waals surface area contributed by atoms with E-state index in [0.29, 0.717) is 0 Å². The third-order valence-corrected chi connectivity index (χ3v) is 4.28. The van der Waals surface area contributed by atoms with E-state index in [9.17, 15) is 0 Å². The Balaban J connectivity index is 1.87. The Bertz CT molecular complexity index is 249. The number of allylic oxidation sites excluding steroid dienone is 4. The molecule has 1 saturated carbocycles. The van der Waals surface area contributed by atoms with E-state index in [1.165, 1.54) is 57.8 Å². The second kappa shape index (κ2) is 11.3. The smallest absolute Gasteiger partial charge is 0.0169 e. The van der Waals surface area contributed by atoms with Crippen LogP contribution in [0.25, 0.3) is 0 Å². The summed E-state index contributed by atoms with van der Waals surface area (Å²) in [5.74, 6) is 2.10. The first-order chi connectivity index (χ1) is 9.38. The zero-order valence-corrected chi connectivity index (χ0v) is 13.2. The molecule has 0 aromatic rings. The Kier molecular flexibility index (Phi) is 9.85. The van der Waals surface area contributed by atoms with Crippen molar-refractivity contribution in [3.8, 4) is 0 Å². The van der Waals surface area contributed by atoms with Crippen LogP contribution >= 0.6 is 0 Å². The lowest BCUT2D eigenvalue weighted by atomic mass is 10.1. The molecule has 0 aliphatic heterocycles. The van der Waals surface area contributed by atoms with Crippen LogP contribution in [-0.2, 0) is 0 Å². The first-order valence-electron chi connectivity index (χ1n) is 8.68. The molecule has 0 spiro atoms. The normalized spacial score (nSPS) is 22.6. The average Bonchev–Trinajstić information content (AvgIpc) is 3.16. The fraction of sp³-hybridized carbons (Fsp3) is 0.789. The molecule has 0 heteroatoms. The molecule has 0 nitrogen and oxygen atoms in total. The van der Waals surface area contributed by atoms with Crippen molar-refractivity contribution >= 4 is 0 Å². The van der Waals surface area contributed by atoms with E-state index in [-0.39, 0.29) is 0 Å². The van der Waals surface area contributed by atoms with Gasteiger partial charge in [0.1, 0.15) is 0 Å². The molecule has 1 aliphatic rings. The first kappa shape index (κ1) is 16.5. The molecule has 0 amide bonds. The second-order valence-electron chi connectivity index (χ2n) is 6.13.